The first kappa shape index (κ1) is 35.9. The predicted molar refractivity (Wildman–Crippen MR) is 175 cm³/mol. The van der Waals surface area contributed by atoms with Crippen LogP contribution in [0.1, 0.15) is 69.2 Å². The standard InChI is InChI=1S/C18H19ClN2O2.C17H22N2O4/c1-18(2,3)21(17(23)14-7-5-4-6-8-14)20-16(22)13-9-11-15(19)12-10-13;1-6-7-18-9-13(20)19(16(18)22)10-23-15(21)14-12(8-11(2)3)17(14,4)5/h4-12H,1-3H3,(H,20,22);1,8,12,14H,7,9-10H2,2-5H3. The summed E-state index contributed by atoms with van der Waals surface area (Å²) in [5, 5.41) is 1.90. The third-order valence-electron chi connectivity index (χ3n) is 7.64. The quantitative estimate of drug-likeness (QED) is 0.138. The minimum Gasteiger partial charge on any atom is -0.443 e. The first-order valence-corrected chi connectivity index (χ1v) is 15.2. The summed E-state index contributed by atoms with van der Waals surface area (Å²) < 4.78 is 5.20. The fourth-order valence-corrected chi connectivity index (χ4v) is 5.10. The molecule has 1 N–H and O–H groups in total. The fourth-order valence-electron chi connectivity index (χ4n) is 4.97. The summed E-state index contributed by atoms with van der Waals surface area (Å²) in [6.07, 6.45) is 7.21. The van der Waals surface area contributed by atoms with Crippen LogP contribution in [0.15, 0.2) is 66.2 Å². The lowest BCUT2D eigenvalue weighted by Gasteiger charge is -2.35. The number of urea groups is 1. The minimum absolute atomic E-state index is 0.0628. The van der Waals surface area contributed by atoms with E-state index in [1.54, 1.807) is 48.5 Å². The Morgan fingerprint density at radius 3 is 2.22 bits per heavy atom. The van der Waals surface area contributed by atoms with Crippen LogP contribution in [0.4, 0.5) is 4.79 Å². The zero-order valence-electron chi connectivity index (χ0n) is 27.3. The Balaban J connectivity index is 0.000000250. The van der Waals surface area contributed by atoms with Crippen molar-refractivity contribution in [2.24, 2.45) is 17.3 Å². The molecule has 2 unspecified atom stereocenters. The Morgan fingerprint density at radius 1 is 1.07 bits per heavy atom. The molecular weight excluding hydrogens is 608 g/mol. The van der Waals surface area contributed by atoms with Crippen molar-refractivity contribution < 1.29 is 28.7 Å². The van der Waals surface area contributed by atoms with E-state index in [1.165, 1.54) is 9.91 Å². The number of hydrogen-bond acceptors (Lipinski definition) is 6. The summed E-state index contributed by atoms with van der Waals surface area (Å²) >= 11 is 5.83. The molecule has 10 nitrogen and oxygen atoms in total. The summed E-state index contributed by atoms with van der Waals surface area (Å²) in [6, 6.07) is 14.8. The molecule has 2 aromatic rings. The third kappa shape index (κ3) is 8.76. The van der Waals surface area contributed by atoms with Crippen LogP contribution in [0, 0.1) is 29.6 Å². The number of allylic oxidation sites excluding steroid dienone is 2. The molecule has 1 heterocycles. The number of carbonyl (C=O) groups is 5. The molecule has 0 spiro atoms. The van der Waals surface area contributed by atoms with E-state index in [4.69, 9.17) is 22.8 Å². The zero-order chi connectivity index (χ0) is 34.4. The van der Waals surface area contributed by atoms with Gasteiger partial charge in [-0.3, -0.25) is 24.6 Å². The van der Waals surface area contributed by atoms with Gasteiger partial charge in [-0.2, -0.15) is 0 Å². The van der Waals surface area contributed by atoms with Crippen molar-refractivity contribution in [1.82, 2.24) is 20.2 Å². The monoisotopic (exact) mass is 648 g/mol. The van der Waals surface area contributed by atoms with E-state index in [-0.39, 0.29) is 54.9 Å². The molecule has 1 aliphatic carbocycles. The van der Waals surface area contributed by atoms with E-state index in [2.05, 4.69) is 17.4 Å². The highest BCUT2D eigenvalue weighted by Crippen LogP contribution is 2.59. The van der Waals surface area contributed by atoms with Gasteiger partial charge < -0.3 is 9.64 Å². The van der Waals surface area contributed by atoms with Crippen LogP contribution in [-0.2, 0) is 14.3 Å². The molecule has 244 valence electrons. The van der Waals surface area contributed by atoms with Gasteiger partial charge in [0.25, 0.3) is 17.7 Å². The summed E-state index contributed by atoms with van der Waals surface area (Å²) in [4.78, 5) is 63.3. The maximum atomic E-state index is 12.7. The van der Waals surface area contributed by atoms with Gasteiger partial charge in [0.2, 0.25) is 0 Å². The Labute approximate surface area is 275 Å². The van der Waals surface area contributed by atoms with Gasteiger partial charge in [-0.1, -0.05) is 61.2 Å². The Bertz CT molecular complexity index is 1540. The van der Waals surface area contributed by atoms with E-state index in [1.807, 2.05) is 54.5 Å². The molecule has 2 fully saturated rings. The number of halogens is 1. The van der Waals surface area contributed by atoms with E-state index >= 15 is 0 Å². The highest BCUT2D eigenvalue weighted by Gasteiger charge is 2.61. The van der Waals surface area contributed by atoms with Crippen LogP contribution in [0.3, 0.4) is 0 Å². The summed E-state index contributed by atoms with van der Waals surface area (Å²) in [5.41, 5.74) is 4.05. The molecule has 46 heavy (non-hydrogen) atoms. The number of imide groups is 1. The van der Waals surface area contributed by atoms with Gasteiger partial charge in [-0.15, -0.1) is 6.42 Å². The molecule has 2 atom stereocenters. The van der Waals surface area contributed by atoms with E-state index in [0.29, 0.717) is 16.1 Å². The third-order valence-corrected chi connectivity index (χ3v) is 7.89. The Morgan fingerprint density at radius 2 is 1.67 bits per heavy atom. The van der Waals surface area contributed by atoms with Gasteiger partial charge in [-0.05, 0) is 82.3 Å². The van der Waals surface area contributed by atoms with Crippen LogP contribution in [0.25, 0.3) is 0 Å². The average Bonchev–Trinajstić information content (AvgIpc) is 3.41. The SMILES string of the molecule is C#CCN1CC(=O)N(COC(=O)C2C(C=C(C)C)C2(C)C)C1=O.CC(C)(C)N(NC(=O)c1ccc(Cl)cc1)C(=O)c1ccccc1. The molecule has 5 amide bonds. The second-order valence-electron chi connectivity index (χ2n) is 13.0. The molecule has 4 rings (SSSR count). The number of terminal acetylenes is 1. The maximum Gasteiger partial charge on any atom is 0.330 e. The van der Waals surface area contributed by atoms with Crippen molar-refractivity contribution >= 4 is 41.3 Å². The van der Waals surface area contributed by atoms with Crippen molar-refractivity contribution in [3.8, 4) is 12.3 Å². The number of esters is 1. The lowest BCUT2D eigenvalue weighted by atomic mass is 10.1. The van der Waals surface area contributed by atoms with E-state index < -0.39 is 17.5 Å². The van der Waals surface area contributed by atoms with Crippen LogP contribution in [-0.4, -0.2) is 69.9 Å². The van der Waals surface area contributed by atoms with Gasteiger partial charge in [0.1, 0.15) is 6.54 Å². The summed E-state index contributed by atoms with van der Waals surface area (Å²) in [6.45, 7) is 13.2. The van der Waals surface area contributed by atoms with Crippen molar-refractivity contribution in [2.75, 3.05) is 19.8 Å². The maximum absolute atomic E-state index is 12.7. The number of hydrazine groups is 1. The molecule has 1 aliphatic heterocycles. The van der Waals surface area contributed by atoms with E-state index in [9.17, 15) is 24.0 Å². The second kappa shape index (κ2) is 14.6. The number of nitrogens with zero attached hydrogens (tertiary/aromatic N) is 3. The largest absolute Gasteiger partial charge is 0.443 e. The smallest absolute Gasteiger partial charge is 0.330 e. The molecule has 1 saturated carbocycles. The highest BCUT2D eigenvalue weighted by atomic mass is 35.5. The number of ether oxygens (including phenoxy) is 1. The van der Waals surface area contributed by atoms with Gasteiger partial charge in [0, 0.05) is 16.1 Å². The van der Waals surface area contributed by atoms with Crippen LogP contribution in [0.5, 0.6) is 0 Å². The summed E-state index contributed by atoms with van der Waals surface area (Å²) in [7, 11) is 0. The Kier molecular flexibility index (Phi) is 11.4. The second-order valence-corrected chi connectivity index (χ2v) is 13.4. The predicted octanol–water partition coefficient (Wildman–Crippen LogP) is 5.55. The molecule has 11 heteroatoms. The number of rotatable bonds is 7. The number of carbonyl (C=O) groups excluding carboxylic acids is 5. The van der Waals surface area contributed by atoms with Gasteiger partial charge in [-0.25, -0.2) is 14.7 Å². The van der Waals surface area contributed by atoms with Crippen LogP contribution >= 0.6 is 11.6 Å². The zero-order valence-corrected chi connectivity index (χ0v) is 28.1. The molecule has 0 bridgehead atoms. The molecule has 0 aromatic heterocycles. The highest BCUT2D eigenvalue weighted by molar-refractivity contribution is 6.30. The lowest BCUT2D eigenvalue weighted by Crippen LogP contribution is -2.55. The van der Waals surface area contributed by atoms with Crippen molar-refractivity contribution in [1.29, 1.82) is 0 Å². The van der Waals surface area contributed by atoms with Crippen molar-refractivity contribution in [2.45, 2.75) is 54.0 Å². The van der Waals surface area contributed by atoms with Crippen molar-refractivity contribution in [3.05, 3.63) is 82.4 Å². The number of nitrogens with one attached hydrogen (secondary N) is 1. The van der Waals surface area contributed by atoms with Gasteiger partial charge >= 0.3 is 12.0 Å². The molecule has 2 aliphatic rings. The molecular formula is C35H41ClN4O6. The topological polar surface area (TPSA) is 116 Å². The molecule has 2 aromatic carbocycles. The van der Waals surface area contributed by atoms with Gasteiger partial charge in [0.05, 0.1) is 18.0 Å². The van der Waals surface area contributed by atoms with Crippen molar-refractivity contribution in [3.63, 3.8) is 0 Å². The fraction of sp³-hybridized carbons (Fsp3) is 0.400. The number of hydrogen-bond donors (Lipinski definition) is 1. The number of benzene rings is 2. The first-order valence-electron chi connectivity index (χ1n) is 14.8. The first-order chi connectivity index (χ1) is 21.5. The lowest BCUT2D eigenvalue weighted by molar-refractivity contribution is -0.151. The summed E-state index contributed by atoms with van der Waals surface area (Å²) in [5.74, 6) is 0.792. The minimum atomic E-state index is -0.574. The van der Waals surface area contributed by atoms with Gasteiger partial charge in [0.15, 0.2) is 6.73 Å². The Hall–Kier alpha value is -4.62. The van der Waals surface area contributed by atoms with E-state index in [0.717, 1.165) is 10.5 Å². The van der Waals surface area contributed by atoms with Crippen LogP contribution < -0.4 is 5.43 Å². The number of amides is 5. The normalized spacial score (nSPS) is 18.1. The molecule has 1 saturated heterocycles. The molecule has 0 radical (unpaired) electrons. The average molecular weight is 649 g/mol. The van der Waals surface area contributed by atoms with Crippen LogP contribution in [0.2, 0.25) is 5.02 Å².